The van der Waals surface area contributed by atoms with Gasteiger partial charge in [-0.25, -0.2) is 0 Å². The van der Waals surface area contributed by atoms with E-state index < -0.39 is 0 Å². The van der Waals surface area contributed by atoms with Crippen LogP contribution >= 0.6 is 0 Å². The van der Waals surface area contributed by atoms with E-state index in [4.69, 9.17) is 9.26 Å². The molecule has 2 heterocycles. The number of rotatable bonds is 4. The van der Waals surface area contributed by atoms with E-state index in [1.54, 1.807) is 0 Å². The Morgan fingerprint density at radius 3 is 2.50 bits per heavy atom. The maximum Gasteiger partial charge on any atom is 0.243 e. The van der Waals surface area contributed by atoms with Gasteiger partial charge in [-0.15, -0.1) is 0 Å². The molecule has 2 unspecified atom stereocenters. The molecule has 0 amide bonds. The molecule has 2 fully saturated rings. The third kappa shape index (κ3) is 2.74. The highest BCUT2D eigenvalue weighted by molar-refractivity contribution is 5.06. The predicted molar refractivity (Wildman–Crippen MR) is 75.5 cm³/mol. The van der Waals surface area contributed by atoms with E-state index in [0.717, 1.165) is 12.2 Å². The van der Waals surface area contributed by atoms with E-state index in [0.29, 0.717) is 11.8 Å². The summed E-state index contributed by atoms with van der Waals surface area (Å²) >= 11 is 0. The molecule has 1 N–H and O–H groups in total. The van der Waals surface area contributed by atoms with Crippen molar-refractivity contribution in [1.29, 1.82) is 0 Å². The van der Waals surface area contributed by atoms with Crippen molar-refractivity contribution >= 4 is 0 Å². The Kier molecular flexibility index (Phi) is 3.18. The van der Waals surface area contributed by atoms with Gasteiger partial charge in [-0.3, -0.25) is 0 Å². The van der Waals surface area contributed by atoms with E-state index in [9.17, 15) is 0 Å². The molecule has 0 aromatic carbocycles. The minimum atomic E-state index is -0.183. The molecule has 0 spiro atoms. The molecule has 1 saturated carbocycles. The van der Waals surface area contributed by atoms with Gasteiger partial charge in [0.2, 0.25) is 5.89 Å². The van der Waals surface area contributed by atoms with Gasteiger partial charge in [0.15, 0.2) is 5.82 Å². The van der Waals surface area contributed by atoms with Crippen LogP contribution in [-0.2, 0) is 4.74 Å². The van der Waals surface area contributed by atoms with Crippen molar-refractivity contribution in [2.75, 3.05) is 0 Å². The summed E-state index contributed by atoms with van der Waals surface area (Å²) in [4.78, 5) is 4.52. The van der Waals surface area contributed by atoms with Gasteiger partial charge in [0.1, 0.15) is 0 Å². The molecular formula is C15H25N3O2. The zero-order valence-corrected chi connectivity index (χ0v) is 13.1. The average molecular weight is 279 g/mol. The number of hydrogen-bond donors (Lipinski definition) is 1. The van der Waals surface area contributed by atoms with Gasteiger partial charge in [-0.2, -0.15) is 4.98 Å². The summed E-state index contributed by atoms with van der Waals surface area (Å²) in [5.41, 5.74) is -0.272. The van der Waals surface area contributed by atoms with Crippen molar-refractivity contribution in [1.82, 2.24) is 15.5 Å². The Morgan fingerprint density at radius 2 is 1.95 bits per heavy atom. The lowest BCUT2D eigenvalue weighted by molar-refractivity contribution is -0.0705. The van der Waals surface area contributed by atoms with E-state index >= 15 is 0 Å². The second kappa shape index (κ2) is 4.53. The summed E-state index contributed by atoms with van der Waals surface area (Å²) in [6.45, 7) is 10.6. The van der Waals surface area contributed by atoms with Crippen molar-refractivity contribution < 1.29 is 9.26 Å². The standard InChI is InChI=1S/C15H25N3O2/c1-9(13-17-12(18-19-13)10-6-7-10)16-11-8-14(2,3)20-15(11,4)5/h9-11,16H,6-8H2,1-5H3. The second-order valence-corrected chi connectivity index (χ2v) is 7.38. The van der Waals surface area contributed by atoms with Gasteiger partial charge < -0.3 is 14.6 Å². The molecule has 1 aromatic heterocycles. The highest BCUT2D eigenvalue weighted by Gasteiger charge is 2.46. The molecule has 2 aliphatic rings. The van der Waals surface area contributed by atoms with Crippen LogP contribution in [0.5, 0.6) is 0 Å². The first-order chi connectivity index (χ1) is 9.27. The Bertz CT molecular complexity index is 491. The molecular weight excluding hydrogens is 254 g/mol. The maximum atomic E-state index is 6.11. The van der Waals surface area contributed by atoms with Gasteiger partial charge >= 0.3 is 0 Å². The van der Waals surface area contributed by atoms with Crippen LogP contribution in [0.4, 0.5) is 0 Å². The number of nitrogens with zero attached hydrogens (tertiary/aromatic N) is 2. The predicted octanol–water partition coefficient (Wildman–Crippen LogP) is 2.94. The van der Waals surface area contributed by atoms with Crippen LogP contribution in [-0.4, -0.2) is 27.4 Å². The van der Waals surface area contributed by atoms with Gasteiger partial charge in [0.25, 0.3) is 0 Å². The SMILES string of the molecule is CC(NC1CC(C)(C)OC1(C)C)c1nc(C2CC2)no1. The Morgan fingerprint density at radius 1 is 1.25 bits per heavy atom. The fourth-order valence-corrected chi connectivity index (χ4v) is 3.13. The quantitative estimate of drug-likeness (QED) is 0.918. The molecule has 5 nitrogen and oxygen atoms in total. The minimum Gasteiger partial charge on any atom is -0.368 e. The molecule has 112 valence electrons. The number of nitrogens with one attached hydrogen (secondary N) is 1. The van der Waals surface area contributed by atoms with Gasteiger partial charge in [0, 0.05) is 12.0 Å². The summed E-state index contributed by atoms with van der Waals surface area (Å²) in [5, 5.41) is 7.67. The van der Waals surface area contributed by atoms with Crippen molar-refractivity contribution in [2.24, 2.45) is 0 Å². The van der Waals surface area contributed by atoms with Crippen LogP contribution in [0.3, 0.4) is 0 Å². The first kappa shape index (κ1) is 14.0. The zero-order chi connectivity index (χ0) is 14.5. The average Bonchev–Trinajstić information content (AvgIpc) is 2.99. The summed E-state index contributed by atoms with van der Waals surface area (Å²) in [6.07, 6.45) is 3.37. The topological polar surface area (TPSA) is 60.2 Å². The monoisotopic (exact) mass is 279 g/mol. The van der Waals surface area contributed by atoms with Crippen LogP contribution in [0.2, 0.25) is 0 Å². The van der Waals surface area contributed by atoms with Crippen molar-refractivity contribution in [3.05, 3.63) is 11.7 Å². The molecule has 5 heteroatoms. The largest absolute Gasteiger partial charge is 0.368 e. The Hall–Kier alpha value is -0.940. The van der Waals surface area contributed by atoms with E-state index in [1.165, 1.54) is 12.8 Å². The fourth-order valence-electron chi connectivity index (χ4n) is 3.13. The van der Waals surface area contributed by atoms with Crippen molar-refractivity contribution in [3.63, 3.8) is 0 Å². The molecule has 2 atom stereocenters. The summed E-state index contributed by atoms with van der Waals surface area (Å²) in [7, 11) is 0. The first-order valence-corrected chi connectivity index (χ1v) is 7.56. The van der Waals surface area contributed by atoms with E-state index in [1.807, 2.05) is 0 Å². The summed E-state index contributed by atoms with van der Waals surface area (Å²) in [6, 6.07) is 0.334. The number of aromatic nitrogens is 2. The van der Waals surface area contributed by atoms with Crippen LogP contribution in [0.1, 0.15) is 77.6 Å². The molecule has 1 saturated heterocycles. The van der Waals surface area contributed by atoms with Gasteiger partial charge in [-0.05, 0) is 53.9 Å². The molecule has 20 heavy (non-hydrogen) atoms. The zero-order valence-electron chi connectivity index (χ0n) is 13.1. The molecule has 0 bridgehead atoms. The van der Waals surface area contributed by atoms with E-state index in [2.05, 4.69) is 50.1 Å². The third-order valence-corrected chi connectivity index (χ3v) is 4.30. The highest BCUT2D eigenvalue weighted by Crippen LogP contribution is 2.40. The Balaban J connectivity index is 1.67. The Labute approximate surface area is 120 Å². The van der Waals surface area contributed by atoms with E-state index in [-0.39, 0.29) is 23.3 Å². The number of hydrogen-bond acceptors (Lipinski definition) is 5. The number of ether oxygens (including phenoxy) is 1. The molecule has 3 rings (SSSR count). The fraction of sp³-hybridized carbons (Fsp3) is 0.867. The van der Waals surface area contributed by atoms with Gasteiger partial charge in [-0.1, -0.05) is 5.16 Å². The van der Waals surface area contributed by atoms with Gasteiger partial charge in [0.05, 0.1) is 17.2 Å². The maximum absolute atomic E-state index is 6.11. The smallest absolute Gasteiger partial charge is 0.243 e. The lowest BCUT2D eigenvalue weighted by Crippen LogP contribution is -2.44. The summed E-state index contributed by atoms with van der Waals surface area (Å²) in [5.74, 6) is 2.09. The minimum absolute atomic E-state index is 0.0526. The third-order valence-electron chi connectivity index (χ3n) is 4.30. The molecule has 1 aromatic rings. The molecule has 0 radical (unpaired) electrons. The molecule has 1 aliphatic heterocycles. The molecule has 1 aliphatic carbocycles. The normalized spacial score (nSPS) is 29.6. The second-order valence-electron chi connectivity index (χ2n) is 7.38. The van der Waals surface area contributed by atoms with Crippen LogP contribution < -0.4 is 5.32 Å². The lowest BCUT2D eigenvalue weighted by atomic mass is 9.94. The van der Waals surface area contributed by atoms with Crippen molar-refractivity contribution in [2.45, 2.75) is 83.1 Å². The van der Waals surface area contributed by atoms with Crippen molar-refractivity contribution in [3.8, 4) is 0 Å². The van der Waals surface area contributed by atoms with Crippen LogP contribution in [0, 0.1) is 0 Å². The van der Waals surface area contributed by atoms with Crippen LogP contribution in [0.25, 0.3) is 0 Å². The highest BCUT2D eigenvalue weighted by atomic mass is 16.5. The first-order valence-electron chi connectivity index (χ1n) is 7.56. The summed E-state index contributed by atoms with van der Waals surface area (Å²) < 4.78 is 11.5. The lowest BCUT2D eigenvalue weighted by Gasteiger charge is -2.29. The van der Waals surface area contributed by atoms with Crippen LogP contribution in [0.15, 0.2) is 4.52 Å².